The molecule has 0 aliphatic carbocycles. The third kappa shape index (κ3) is 7.48. The number of aryl methyl sites for hydroxylation is 1. The Bertz CT molecular complexity index is 1040. The van der Waals surface area contributed by atoms with E-state index in [1.165, 1.54) is 0 Å². The molecule has 2 amide bonds. The topological polar surface area (TPSA) is 58.6 Å². The van der Waals surface area contributed by atoms with Crippen LogP contribution in [0.25, 0.3) is 0 Å². The van der Waals surface area contributed by atoms with Crippen molar-refractivity contribution in [1.29, 1.82) is 0 Å². The number of amides is 2. The van der Waals surface area contributed by atoms with Crippen LogP contribution in [0.4, 0.5) is 0 Å². The number of nitrogens with zero attached hydrogens (tertiary/aromatic N) is 1. The van der Waals surface area contributed by atoms with Crippen molar-refractivity contribution in [3.05, 3.63) is 102 Å². The molecule has 0 saturated heterocycles. The first kappa shape index (κ1) is 25.0. The fourth-order valence-corrected chi connectivity index (χ4v) is 3.63. The Kier molecular flexibility index (Phi) is 9.27. The van der Waals surface area contributed by atoms with Gasteiger partial charge in [-0.15, -0.1) is 0 Å². The SMILES string of the molecule is CC[C@H](C)NC(=O)[C@@H](Cc1ccccc1)N(Cc1ccc(C)cc1)C(=O)COc1ccccc1. The number of carbonyl (C=O) groups is 2. The first-order valence-electron chi connectivity index (χ1n) is 11.8. The molecule has 0 unspecified atom stereocenters. The Morgan fingerprint density at radius 1 is 0.882 bits per heavy atom. The minimum Gasteiger partial charge on any atom is -0.484 e. The zero-order chi connectivity index (χ0) is 24.3. The van der Waals surface area contributed by atoms with Crippen LogP contribution in [-0.4, -0.2) is 35.4 Å². The van der Waals surface area contributed by atoms with Crippen molar-refractivity contribution >= 4 is 11.8 Å². The van der Waals surface area contributed by atoms with Gasteiger partial charge in [-0.25, -0.2) is 0 Å². The maximum atomic E-state index is 13.5. The number of hydrogen-bond acceptors (Lipinski definition) is 3. The number of nitrogens with one attached hydrogen (secondary N) is 1. The van der Waals surface area contributed by atoms with Crippen LogP contribution in [0.2, 0.25) is 0 Å². The fraction of sp³-hybridized carbons (Fsp3) is 0.310. The lowest BCUT2D eigenvalue weighted by Crippen LogP contribution is -2.53. The van der Waals surface area contributed by atoms with E-state index >= 15 is 0 Å². The lowest BCUT2D eigenvalue weighted by atomic mass is 10.0. The molecule has 178 valence electrons. The summed E-state index contributed by atoms with van der Waals surface area (Å²) in [6, 6.07) is 26.4. The van der Waals surface area contributed by atoms with Gasteiger partial charge in [0.15, 0.2) is 6.61 Å². The number of rotatable bonds is 11. The second-order valence-corrected chi connectivity index (χ2v) is 8.63. The highest BCUT2D eigenvalue weighted by Gasteiger charge is 2.31. The standard InChI is InChI=1S/C29H34N2O3/c1-4-23(3)30-29(33)27(19-24-11-7-5-8-12-24)31(20-25-17-15-22(2)16-18-25)28(32)21-34-26-13-9-6-10-14-26/h5-18,23,27H,4,19-21H2,1-3H3,(H,30,33)/t23-,27+/m0/s1. The zero-order valence-electron chi connectivity index (χ0n) is 20.2. The maximum Gasteiger partial charge on any atom is 0.261 e. The van der Waals surface area contributed by atoms with Crippen LogP contribution in [0.15, 0.2) is 84.9 Å². The lowest BCUT2D eigenvalue weighted by molar-refractivity contribution is -0.143. The molecule has 2 atom stereocenters. The summed E-state index contributed by atoms with van der Waals surface area (Å²) in [5, 5.41) is 3.08. The molecule has 0 saturated carbocycles. The highest BCUT2D eigenvalue weighted by molar-refractivity contribution is 5.88. The van der Waals surface area contributed by atoms with Gasteiger partial charge < -0.3 is 15.0 Å². The van der Waals surface area contributed by atoms with Crippen LogP contribution in [0.3, 0.4) is 0 Å². The minimum atomic E-state index is -0.662. The van der Waals surface area contributed by atoms with E-state index in [0.29, 0.717) is 18.7 Å². The average molecular weight is 459 g/mol. The molecule has 0 fully saturated rings. The van der Waals surface area contributed by atoms with E-state index in [1.54, 1.807) is 4.90 Å². The van der Waals surface area contributed by atoms with Crippen LogP contribution in [0.1, 0.15) is 37.0 Å². The molecular formula is C29H34N2O3. The molecule has 3 aromatic rings. The van der Waals surface area contributed by atoms with Crippen molar-refractivity contribution in [2.24, 2.45) is 0 Å². The highest BCUT2D eigenvalue weighted by atomic mass is 16.5. The van der Waals surface area contributed by atoms with Crippen LogP contribution in [0, 0.1) is 6.92 Å². The second-order valence-electron chi connectivity index (χ2n) is 8.63. The van der Waals surface area contributed by atoms with E-state index in [-0.39, 0.29) is 24.5 Å². The average Bonchev–Trinajstić information content (AvgIpc) is 2.87. The summed E-state index contributed by atoms with van der Waals surface area (Å²) < 4.78 is 5.77. The molecule has 0 spiro atoms. The Labute approximate surface area is 202 Å². The molecule has 1 N–H and O–H groups in total. The Hall–Kier alpha value is -3.60. The van der Waals surface area contributed by atoms with Gasteiger partial charge in [0.2, 0.25) is 5.91 Å². The minimum absolute atomic E-state index is 0.0164. The number of ether oxygens (including phenoxy) is 1. The van der Waals surface area contributed by atoms with Gasteiger partial charge in [-0.2, -0.15) is 0 Å². The monoisotopic (exact) mass is 458 g/mol. The van der Waals surface area contributed by atoms with Crippen LogP contribution in [0.5, 0.6) is 5.75 Å². The molecule has 0 bridgehead atoms. The molecule has 0 radical (unpaired) electrons. The second kappa shape index (κ2) is 12.6. The van der Waals surface area contributed by atoms with Gasteiger partial charge in [0.1, 0.15) is 11.8 Å². The van der Waals surface area contributed by atoms with E-state index in [4.69, 9.17) is 4.74 Å². The summed E-state index contributed by atoms with van der Waals surface area (Å²) in [5.41, 5.74) is 3.11. The number of benzene rings is 3. The molecule has 0 aliphatic heterocycles. The number of hydrogen-bond donors (Lipinski definition) is 1. The third-order valence-corrected chi connectivity index (χ3v) is 5.85. The van der Waals surface area contributed by atoms with Gasteiger partial charge in [-0.3, -0.25) is 9.59 Å². The first-order valence-corrected chi connectivity index (χ1v) is 11.8. The summed E-state index contributed by atoms with van der Waals surface area (Å²) in [4.78, 5) is 28.6. The van der Waals surface area contributed by atoms with E-state index < -0.39 is 6.04 Å². The molecule has 0 heterocycles. The predicted octanol–water partition coefficient (Wildman–Crippen LogP) is 4.93. The number of para-hydroxylation sites is 1. The molecule has 3 aromatic carbocycles. The fourth-order valence-electron chi connectivity index (χ4n) is 3.63. The largest absolute Gasteiger partial charge is 0.484 e. The molecule has 5 heteroatoms. The van der Waals surface area contributed by atoms with Crippen molar-refractivity contribution in [2.75, 3.05) is 6.61 Å². The maximum absolute atomic E-state index is 13.5. The van der Waals surface area contributed by atoms with Crippen molar-refractivity contribution in [3.63, 3.8) is 0 Å². The molecule has 3 rings (SSSR count). The van der Waals surface area contributed by atoms with E-state index in [1.807, 2.05) is 106 Å². The summed E-state index contributed by atoms with van der Waals surface area (Å²) in [5.74, 6) is 0.234. The van der Waals surface area contributed by atoms with Gasteiger partial charge in [0.25, 0.3) is 5.91 Å². The third-order valence-electron chi connectivity index (χ3n) is 5.85. The molecule has 0 aromatic heterocycles. The van der Waals surface area contributed by atoms with Crippen molar-refractivity contribution in [3.8, 4) is 5.75 Å². The summed E-state index contributed by atoms with van der Waals surface area (Å²) in [6.07, 6.45) is 1.23. The molecular weight excluding hydrogens is 424 g/mol. The van der Waals surface area contributed by atoms with E-state index in [2.05, 4.69) is 5.32 Å². The van der Waals surface area contributed by atoms with Crippen molar-refractivity contribution in [2.45, 2.75) is 52.2 Å². The van der Waals surface area contributed by atoms with Crippen LogP contribution >= 0.6 is 0 Å². The predicted molar refractivity (Wildman–Crippen MR) is 135 cm³/mol. The summed E-state index contributed by atoms with van der Waals surface area (Å²) in [6.45, 7) is 6.21. The molecule has 34 heavy (non-hydrogen) atoms. The van der Waals surface area contributed by atoms with Gasteiger partial charge in [0, 0.05) is 19.0 Å². The highest BCUT2D eigenvalue weighted by Crippen LogP contribution is 2.17. The normalized spacial score (nSPS) is 12.4. The van der Waals surface area contributed by atoms with E-state index in [0.717, 1.165) is 23.1 Å². The van der Waals surface area contributed by atoms with Crippen LogP contribution < -0.4 is 10.1 Å². The smallest absolute Gasteiger partial charge is 0.261 e. The van der Waals surface area contributed by atoms with Crippen LogP contribution in [-0.2, 0) is 22.6 Å². The van der Waals surface area contributed by atoms with E-state index in [9.17, 15) is 9.59 Å². The molecule has 5 nitrogen and oxygen atoms in total. The zero-order valence-corrected chi connectivity index (χ0v) is 20.2. The van der Waals surface area contributed by atoms with Gasteiger partial charge in [0.05, 0.1) is 0 Å². The molecule has 0 aliphatic rings. The Morgan fingerprint density at radius 3 is 2.12 bits per heavy atom. The first-order chi connectivity index (χ1) is 16.5. The van der Waals surface area contributed by atoms with Gasteiger partial charge in [-0.05, 0) is 43.5 Å². The Morgan fingerprint density at radius 2 is 1.50 bits per heavy atom. The lowest BCUT2D eigenvalue weighted by Gasteiger charge is -2.32. The summed E-state index contributed by atoms with van der Waals surface area (Å²) in [7, 11) is 0. The van der Waals surface area contributed by atoms with Crippen molar-refractivity contribution in [1.82, 2.24) is 10.2 Å². The van der Waals surface area contributed by atoms with Gasteiger partial charge >= 0.3 is 0 Å². The Balaban J connectivity index is 1.90. The summed E-state index contributed by atoms with van der Waals surface area (Å²) >= 11 is 0. The number of carbonyl (C=O) groups excluding carboxylic acids is 2. The quantitative estimate of drug-likeness (QED) is 0.443. The van der Waals surface area contributed by atoms with Gasteiger partial charge in [-0.1, -0.05) is 85.3 Å². The van der Waals surface area contributed by atoms with Crippen molar-refractivity contribution < 1.29 is 14.3 Å².